The second-order valence-electron chi connectivity index (χ2n) is 4.63. The molecule has 3 nitrogen and oxygen atoms in total. The first-order valence-electron chi connectivity index (χ1n) is 6.10. The molecule has 15 heavy (non-hydrogen) atoms. The van der Waals surface area contributed by atoms with E-state index in [4.69, 9.17) is 0 Å². The molecule has 0 aromatic heterocycles. The SMILES string of the molecule is CCC(CC)(CN1CCCCC1)C(=O)O. The minimum absolute atomic E-state index is 0.517. The minimum Gasteiger partial charge on any atom is -0.481 e. The number of likely N-dealkylation sites (tertiary alicyclic amines) is 1. The fraction of sp³-hybridized carbons (Fsp3) is 0.917. The van der Waals surface area contributed by atoms with E-state index in [2.05, 4.69) is 4.90 Å². The number of hydrogen-bond donors (Lipinski definition) is 1. The van der Waals surface area contributed by atoms with Gasteiger partial charge in [0.2, 0.25) is 0 Å². The van der Waals surface area contributed by atoms with E-state index in [-0.39, 0.29) is 0 Å². The molecule has 0 radical (unpaired) electrons. The highest BCUT2D eigenvalue weighted by molar-refractivity contribution is 5.74. The maximum Gasteiger partial charge on any atom is 0.310 e. The molecule has 3 heteroatoms. The van der Waals surface area contributed by atoms with Crippen LogP contribution in [-0.2, 0) is 4.79 Å². The van der Waals surface area contributed by atoms with Gasteiger partial charge >= 0.3 is 5.97 Å². The lowest BCUT2D eigenvalue weighted by molar-refractivity contribution is -0.151. The van der Waals surface area contributed by atoms with E-state index >= 15 is 0 Å². The van der Waals surface area contributed by atoms with Crippen molar-refractivity contribution in [1.29, 1.82) is 0 Å². The zero-order valence-electron chi connectivity index (χ0n) is 9.96. The normalized spacial score (nSPS) is 19.1. The van der Waals surface area contributed by atoms with Crippen molar-refractivity contribution in [2.75, 3.05) is 19.6 Å². The zero-order valence-corrected chi connectivity index (χ0v) is 9.96. The minimum atomic E-state index is -0.627. The highest BCUT2D eigenvalue weighted by Crippen LogP contribution is 2.29. The molecule has 88 valence electrons. The zero-order chi connectivity index (χ0) is 11.3. The molecule has 0 aromatic carbocycles. The number of carbonyl (C=O) groups is 1. The lowest BCUT2D eigenvalue weighted by atomic mass is 9.81. The van der Waals surface area contributed by atoms with Crippen LogP contribution < -0.4 is 0 Å². The maximum absolute atomic E-state index is 11.3. The van der Waals surface area contributed by atoms with Crippen molar-refractivity contribution >= 4 is 5.97 Å². The smallest absolute Gasteiger partial charge is 0.310 e. The Hall–Kier alpha value is -0.570. The summed E-state index contributed by atoms with van der Waals surface area (Å²) in [5.41, 5.74) is -0.517. The van der Waals surface area contributed by atoms with Gasteiger partial charge in [-0.15, -0.1) is 0 Å². The molecule has 1 aliphatic heterocycles. The van der Waals surface area contributed by atoms with Crippen LogP contribution in [0.15, 0.2) is 0 Å². The lowest BCUT2D eigenvalue weighted by Crippen LogP contribution is -2.44. The van der Waals surface area contributed by atoms with E-state index in [1.54, 1.807) is 0 Å². The standard InChI is InChI=1S/C12H23NO2/c1-3-12(4-2,11(14)15)10-13-8-6-5-7-9-13/h3-10H2,1-2H3,(H,14,15). The average molecular weight is 213 g/mol. The first kappa shape index (κ1) is 12.5. The van der Waals surface area contributed by atoms with Crippen LogP contribution in [0.3, 0.4) is 0 Å². The molecule has 0 spiro atoms. The van der Waals surface area contributed by atoms with E-state index < -0.39 is 11.4 Å². The van der Waals surface area contributed by atoms with Gasteiger partial charge in [-0.2, -0.15) is 0 Å². The molecule has 1 heterocycles. The van der Waals surface area contributed by atoms with Crippen molar-refractivity contribution in [2.45, 2.75) is 46.0 Å². The molecule has 0 atom stereocenters. The van der Waals surface area contributed by atoms with E-state index in [1.165, 1.54) is 19.3 Å². The van der Waals surface area contributed by atoms with Crippen LogP contribution in [0.4, 0.5) is 0 Å². The monoisotopic (exact) mass is 213 g/mol. The van der Waals surface area contributed by atoms with E-state index in [0.29, 0.717) is 0 Å². The molecule has 0 bridgehead atoms. The highest BCUT2D eigenvalue weighted by Gasteiger charge is 2.36. The Bertz CT molecular complexity index is 206. The molecule has 0 unspecified atom stereocenters. The molecule has 1 saturated heterocycles. The molecule has 1 fully saturated rings. The van der Waals surface area contributed by atoms with Gasteiger partial charge < -0.3 is 10.0 Å². The predicted molar refractivity (Wildman–Crippen MR) is 60.9 cm³/mol. The molecule has 0 aromatic rings. The van der Waals surface area contributed by atoms with E-state index in [1.807, 2.05) is 13.8 Å². The van der Waals surface area contributed by atoms with Crippen molar-refractivity contribution in [3.63, 3.8) is 0 Å². The number of nitrogens with zero attached hydrogens (tertiary/aromatic N) is 1. The van der Waals surface area contributed by atoms with Gasteiger partial charge in [-0.25, -0.2) is 0 Å². The third-order valence-electron chi connectivity index (χ3n) is 3.78. The fourth-order valence-corrected chi connectivity index (χ4v) is 2.39. The van der Waals surface area contributed by atoms with Gasteiger partial charge in [-0.3, -0.25) is 4.79 Å². The number of piperidine rings is 1. The Balaban J connectivity index is 2.60. The molecule has 1 aliphatic rings. The van der Waals surface area contributed by atoms with Gasteiger partial charge in [0.25, 0.3) is 0 Å². The molecular formula is C12H23NO2. The Morgan fingerprint density at radius 2 is 1.73 bits per heavy atom. The Morgan fingerprint density at radius 1 is 1.20 bits per heavy atom. The maximum atomic E-state index is 11.3. The second-order valence-corrected chi connectivity index (χ2v) is 4.63. The number of hydrogen-bond acceptors (Lipinski definition) is 2. The Morgan fingerprint density at radius 3 is 2.13 bits per heavy atom. The molecule has 0 amide bonds. The first-order valence-corrected chi connectivity index (χ1v) is 6.10. The van der Waals surface area contributed by atoms with Crippen molar-refractivity contribution in [3.8, 4) is 0 Å². The van der Waals surface area contributed by atoms with Crippen LogP contribution in [0, 0.1) is 5.41 Å². The number of carboxylic acid groups (broad SMARTS) is 1. The molecule has 0 aliphatic carbocycles. The van der Waals surface area contributed by atoms with E-state index in [0.717, 1.165) is 32.5 Å². The van der Waals surface area contributed by atoms with Crippen LogP contribution in [0.1, 0.15) is 46.0 Å². The summed E-state index contributed by atoms with van der Waals surface area (Å²) in [5, 5.41) is 9.33. The summed E-state index contributed by atoms with van der Waals surface area (Å²) in [4.78, 5) is 13.7. The summed E-state index contributed by atoms with van der Waals surface area (Å²) in [6, 6.07) is 0. The fourth-order valence-electron chi connectivity index (χ4n) is 2.39. The lowest BCUT2D eigenvalue weighted by Gasteiger charge is -2.35. The number of carboxylic acids is 1. The van der Waals surface area contributed by atoms with Crippen LogP contribution in [0.2, 0.25) is 0 Å². The first-order chi connectivity index (χ1) is 7.14. The van der Waals surface area contributed by atoms with Gasteiger partial charge in [0.15, 0.2) is 0 Å². The summed E-state index contributed by atoms with van der Waals surface area (Å²) >= 11 is 0. The van der Waals surface area contributed by atoms with Gasteiger partial charge in [-0.05, 0) is 38.8 Å². The third-order valence-corrected chi connectivity index (χ3v) is 3.78. The molecular weight excluding hydrogens is 190 g/mol. The predicted octanol–water partition coefficient (Wildman–Crippen LogP) is 2.36. The largest absolute Gasteiger partial charge is 0.481 e. The van der Waals surface area contributed by atoms with Gasteiger partial charge in [0, 0.05) is 6.54 Å². The van der Waals surface area contributed by atoms with Crippen molar-refractivity contribution in [3.05, 3.63) is 0 Å². The quantitative estimate of drug-likeness (QED) is 0.762. The molecule has 1 rings (SSSR count). The van der Waals surface area contributed by atoms with Crippen LogP contribution >= 0.6 is 0 Å². The number of aliphatic carboxylic acids is 1. The summed E-state index contributed by atoms with van der Waals surface area (Å²) in [6.07, 6.45) is 5.21. The number of rotatable bonds is 5. The second kappa shape index (κ2) is 5.50. The van der Waals surface area contributed by atoms with E-state index in [9.17, 15) is 9.90 Å². The van der Waals surface area contributed by atoms with Gasteiger partial charge in [0.05, 0.1) is 5.41 Å². The van der Waals surface area contributed by atoms with Crippen molar-refractivity contribution in [1.82, 2.24) is 4.90 Å². The van der Waals surface area contributed by atoms with Crippen molar-refractivity contribution < 1.29 is 9.90 Å². The van der Waals surface area contributed by atoms with Gasteiger partial charge in [0.1, 0.15) is 0 Å². The molecule has 1 N–H and O–H groups in total. The molecule has 0 saturated carbocycles. The summed E-state index contributed by atoms with van der Waals surface area (Å²) in [6.45, 7) is 6.86. The summed E-state index contributed by atoms with van der Waals surface area (Å²) in [5.74, 6) is -0.627. The third kappa shape index (κ3) is 2.94. The Kier molecular flexibility index (Phi) is 4.58. The average Bonchev–Trinajstić information content (AvgIpc) is 2.27. The summed E-state index contributed by atoms with van der Waals surface area (Å²) in [7, 11) is 0. The van der Waals surface area contributed by atoms with Crippen molar-refractivity contribution in [2.24, 2.45) is 5.41 Å². The van der Waals surface area contributed by atoms with Gasteiger partial charge in [-0.1, -0.05) is 20.3 Å². The van der Waals surface area contributed by atoms with Crippen LogP contribution in [0.25, 0.3) is 0 Å². The Labute approximate surface area is 92.5 Å². The summed E-state index contributed by atoms with van der Waals surface area (Å²) < 4.78 is 0. The van der Waals surface area contributed by atoms with Crippen LogP contribution in [0.5, 0.6) is 0 Å². The topological polar surface area (TPSA) is 40.5 Å². The highest BCUT2D eigenvalue weighted by atomic mass is 16.4. The van der Waals surface area contributed by atoms with Crippen LogP contribution in [-0.4, -0.2) is 35.6 Å².